The summed E-state index contributed by atoms with van der Waals surface area (Å²) in [6.45, 7) is 30.6. The van der Waals surface area contributed by atoms with Gasteiger partial charge in [-0.3, -0.25) is 0 Å². The van der Waals surface area contributed by atoms with E-state index in [2.05, 4.69) is 65.1 Å². The largest absolute Gasteiger partial charge is 0.130 e. The predicted molar refractivity (Wildman–Crippen MR) is 158 cm³/mol. The molecule has 0 aliphatic rings. The number of rotatable bonds is 1. The van der Waals surface area contributed by atoms with E-state index in [9.17, 15) is 0 Å². The Hall–Kier alpha value is -1.21. The molecule has 188 valence electrons. The maximum atomic E-state index is 2.12. The Morgan fingerprint density at radius 3 is 0.839 bits per heavy atom. The quantitative estimate of drug-likeness (QED) is 0.386. The third-order valence-electron chi connectivity index (χ3n) is 1.92. The second kappa shape index (κ2) is 70.3. The number of hydrogen-bond donors (Lipinski definition) is 0. The number of hydrogen-bond acceptors (Lipinski definition) is 1. The summed E-state index contributed by atoms with van der Waals surface area (Å²) in [5.41, 5.74) is 1.32. The summed E-state index contributed by atoms with van der Waals surface area (Å²) in [4.78, 5) is 1.33. The first kappa shape index (κ1) is 47.5. The van der Waals surface area contributed by atoms with E-state index in [4.69, 9.17) is 0 Å². The molecular weight excluding hydrogens is 392 g/mol. The smallest absolute Gasteiger partial charge is 0.00691 e. The minimum Gasteiger partial charge on any atom is -0.130 e. The van der Waals surface area contributed by atoms with Crippen LogP contribution in [0.4, 0.5) is 0 Å². The van der Waals surface area contributed by atoms with E-state index >= 15 is 0 Å². The van der Waals surface area contributed by atoms with Crippen molar-refractivity contribution in [1.82, 2.24) is 0 Å². The molecule has 31 heavy (non-hydrogen) atoms. The van der Waals surface area contributed by atoms with Crippen LogP contribution in [0.2, 0.25) is 0 Å². The molecule has 2 aromatic carbocycles. The summed E-state index contributed by atoms with van der Waals surface area (Å²) in [6, 6.07) is 20.6. The van der Waals surface area contributed by atoms with E-state index in [0.717, 1.165) is 0 Å². The zero-order valence-corrected chi connectivity index (χ0v) is 25.4. The van der Waals surface area contributed by atoms with Gasteiger partial charge in [0.25, 0.3) is 0 Å². The summed E-state index contributed by atoms with van der Waals surface area (Å²) < 4.78 is 0. The van der Waals surface area contributed by atoms with Crippen molar-refractivity contribution in [2.75, 3.05) is 6.26 Å². The molecule has 0 aliphatic carbocycles. The van der Waals surface area contributed by atoms with E-state index < -0.39 is 0 Å². The van der Waals surface area contributed by atoms with E-state index in [0.29, 0.717) is 0 Å². The van der Waals surface area contributed by atoms with Gasteiger partial charge in [-0.15, -0.1) is 11.8 Å². The molecule has 2 aromatic rings. The lowest BCUT2D eigenvalue weighted by Crippen LogP contribution is -1.62. The monoisotopic (exact) mass is 454 g/mol. The third-order valence-corrected chi connectivity index (χ3v) is 2.66. The summed E-state index contributed by atoms with van der Waals surface area (Å²) >= 11 is 1.77. The first-order chi connectivity index (χ1) is 15.2. The standard InChI is InChI=1S/C7H8S.C7H8.2C3H8.5C2H6/c1-8-7-5-3-2-4-6-7;1-7-5-3-2-4-6-7;2*1-3-2;5*1-2/h2-6H,1H3;2-6H,1H3;2*3H2,1-2H3;5*1-2H3. The van der Waals surface area contributed by atoms with Gasteiger partial charge in [-0.25, -0.2) is 0 Å². The fourth-order valence-corrected chi connectivity index (χ4v) is 1.52. The van der Waals surface area contributed by atoms with Crippen LogP contribution in [-0.2, 0) is 0 Å². The van der Waals surface area contributed by atoms with Gasteiger partial charge >= 0.3 is 0 Å². The fraction of sp³-hybridized carbons (Fsp3) is 0.600. The molecule has 1 heteroatoms. The SMILES string of the molecule is CC.CC.CC.CC.CC.CCC.CCC.CSc1ccccc1.Cc1ccccc1. The Balaban J connectivity index is -0.0000000458. The summed E-state index contributed by atoms with van der Waals surface area (Å²) in [5.74, 6) is 0. The van der Waals surface area contributed by atoms with Gasteiger partial charge in [0.05, 0.1) is 0 Å². The molecule has 0 fully saturated rings. The zero-order valence-electron chi connectivity index (χ0n) is 24.6. The van der Waals surface area contributed by atoms with Crippen molar-refractivity contribution >= 4 is 11.8 Å². The normalized spacial score (nSPS) is 6.45. The Morgan fingerprint density at radius 2 is 0.710 bits per heavy atom. The molecule has 0 nitrogen and oxygen atoms in total. The van der Waals surface area contributed by atoms with Gasteiger partial charge in [-0.2, -0.15) is 0 Å². The first-order valence-corrected chi connectivity index (χ1v) is 14.0. The second-order valence-electron chi connectivity index (χ2n) is 4.59. The van der Waals surface area contributed by atoms with Gasteiger partial charge in [0, 0.05) is 4.90 Å². The molecular formula is C30H62S. The van der Waals surface area contributed by atoms with E-state index in [1.54, 1.807) is 11.8 Å². The lowest BCUT2D eigenvalue weighted by molar-refractivity contribution is 1.09. The maximum absolute atomic E-state index is 2.12. The number of thioether (sulfide) groups is 1. The van der Waals surface area contributed by atoms with Crippen LogP contribution in [-0.4, -0.2) is 6.26 Å². The minimum atomic E-state index is 1.25. The second-order valence-corrected chi connectivity index (χ2v) is 5.47. The molecule has 0 atom stereocenters. The molecule has 0 aliphatic heterocycles. The van der Waals surface area contributed by atoms with Gasteiger partial charge in [0.2, 0.25) is 0 Å². The van der Waals surface area contributed by atoms with Crippen molar-refractivity contribution in [1.29, 1.82) is 0 Å². The topological polar surface area (TPSA) is 0 Å². The Kier molecular flexibility index (Phi) is 108. The highest BCUT2D eigenvalue weighted by molar-refractivity contribution is 7.98. The molecule has 0 saturated carbocycles. The van der Waals surface area contributed by atoms with Crippen LogP contribution in [0.1, 0.15) is 115 Å². The Bertz CT molecular complexity index is 380. The molecule has 0 amide bonds. The van der Waals surface area contributed by atoms with E-state index in [1.807, 2.05) is 106 Å². The average molecular weight is 455 g/mol. The van der Waals surface area contributed by atoms with Crippen LogP contribution in [0.25, 0.3) is 0 Å². The summed E-state index contributed by atoms with van der Waals surface area (Å²) in [5, 5.41) is 0. The highest BCUT2D eigenvalue weighted by Crippen LogP contribution is 2.11. The minimum absolute atomic E-state index is 1.25. The van der Waals surface area contributed by atoms with Crippen molar-refractivity contribution in [3.05, 3.63) is 66.2 Å². The number of aryl methyl sites for hydroxylation is 1. The van der Waals surface area contributed by atoms with Crippen LogP contribution in [0.15, 0.2) is 65.6 Å². The lowest BCUT2D eigenvalue weighted by Gasteiger charge is -1.89. The van der Waals surface area contributed by atoms with Gasteiger partial charge in [-0.1, -0.05) is 164 Å². The fourth-order valence-electron chi connectivity index (χ4n) is 1.09. The molecule has 2 rings (SSSR count). The van der Waals surface area contributed by atoms with E-state index in [-0.39, 0.29) is 0 Å². The molecule has 0 heterocycles. The summed E-state index contributed by atoms with van der Waals surface area (Å²) in [6.07, 6.45) is 4.58. The van der Waals surface area contributed by atoms with Crippen LogP contribution >= 0.6 is 11.8 Å². The van der Waals surface area contributed by atoms with Gasteiger partial charge in [0.15, 0.2) is 0 Å². The predicted octanol–water partition coefficient (Wildman–Crippen LogP) is 12.4. The molecule has 0 bridgehead atoms. The van der Waals surface area contributed by atoms with Crippen molar-refractivity contribution in [3.63, 3.8) is 0 Å². The van der Waals surface area contributed by atoms with Crippen molar-refractivity contribution in [2.45, 2.75) is 122 Å². The zero-order chi connectivity index (χ0) is 26.3. The van der Waals surface area contributed by atoms with Gasteiger partial charge < -0.3 is 0 Å². The number of benzene rings is 2. The first-order valence-electron chi connectivity index (χ1n) is 12.8. The molecule has 0 unspecified atom stereocenters. The van der Waals surface area contributed by atoms with Crippen LogP contribution in [0.5, 0.6) is 0 Å². The maximum Gasteiger partial charge on any atom is 0.00691 e. The molecule has 0 aromatic heterocycles. The molecule has 0 saturated heterocycles. The van der Waals surface area contributed by atoms with Crippen LogP contribution in [0.3, 0.4) is 0 Å². The molecule has 0 spiro atoms. The van der Waals surface area contributed by atoms with Crippen molar-refractivity contribution in [3.8, 4) is 0 Å². The average Bonchev–Trinajstić information content (AvgIpc) is 2.88. The molecule has 0 radical (unpaired) electrons. The highest BCUT2D eigenvalue weighted by Gasteiger charge is 1.80. The van der Waals surface area contributed by atoms with Gasteiger partial charge in [-0.05, 0) is 25.3 Å². The van der Waals surface area contributed by atoms with Crippen LogP contribution in [0, 0.1) is 6.92 Å². The highest BCUT2D eigenvalue weighted by atomic mass is 32.2. The van der Waals surface area contributed by atoms with Crippen molar-refractivity contribution < 1.29 is 0 Å². The van der Waals surface area contributed by atoms with E-state index in [1.165, 1.54) is 23.3 Å². The van der Waals surface area contributed by atoms with Crippen molar-refractivity contribution in [2.24, 2.45) is 0 Å². The Morgan fingerprint density at radius 1 is 0.484 bits per heavy atom. The molecule has 0 N–H and O–H groups in total. The van der Waals surface area contributed by atoms with Gasteiger partial charge in [0.1, 0.15) is 0 Å². The van der Waals surface area contributed by atoms with Crippen LogP contribution < -0.4 is 0 Å². The third kappa shape index (κ3) is 73.3. The lowest BCUT2D eigenvalue weighted by atomic mass is 10.2. The summed E-state index contributed by atoms with van der Waals surface area (Å²) in [7, 11) is 0. The Labute approximate surface area is 205 Å².